The topological polar surface area (TPSA) is 78.9 Å². The summed E-state index contributed by atoms with van der Waals surface area (Å²) in [5, 5.41) is 13.7. The standard InChI is InChI=1S/C26H32N2O4/c1-18(29)28-15-14-24(17-28)32-23-10-7-20(8-11-23)25(30)12-13-26(31)27-22-9-6-19-4-2-3-5-21(19)16-22/h2-5,7-8,10-11,22,24,26-27,31H,6,9,12-17H2,1H3. The molecule has 1 fully saturated rings. The number of carbonyl (C=O) groups is 2. The van der Waals surface area contributed by atoms with Gasteiger partial charge in [-0.1, -0.05) is 24.3 Å². The lowest BCUT2D eigenvalue weighted by molar-refractivity contribution is -0.128. The van der Waals surface area contributed by atoms with E-state index in [2.05, 4.69) is 29.6 Å². The highest BCUT2D eigenvalue weighted by molar-refractivity contribution is 5.96. The molecule has 1 aliphatic heterocycles. The third-order valence-electron chi connectivity index (χ3n) is 6.49. The van der Waals surface area contributed by atoms with Crippen LogP contribution < -0.4 is 10.1 Å². The number of nitrogens with one attached hydrogen (secondary N) is 1. The molecule has 1 heterocycles. The van der Waals surface area contributed by atoms with Crippen molar-refractivity contribution in [2.75, 3.05) is 13.1 Å². The first kappa shape index (κ1) is 22.5. The number of aryl methyl sites for hydroxylation is 1. The van der Waals surface area contributed by atoms with Crippen molar-refractivity contribution in [3.63, 3.8) is 0 Å². The molecule has 4 rings (SSSR count). The van der Waals surface area contributed by atoms with Gasteiger partial charge >= 0.3 is 0 Å². The van der Waals surface area contributed by atoms with Crippen molar-refractivity contribution >= 4 is 11.7 Å². The van der Waals surface area contributed by atoms with E-state index < -0.39 is 6.23 Å². The molecule has 6 heteroatoms. The molecule has 2 aliphatic rings. The summed E-state index contributed by atoms with van der Waals surface area (Å²) in [6.07, 6.45) is 3.71. The van der Waals surface area contributed by atoms with Crippen LogP contribution in [0.25, 0.3) is 0 Å². The average molecular weight is 437 g/mol. The van der Waals surface area contributed by atoms with Gasteiger partial charge in [-0.25, -0.2) is 0 Å². The van der Waals surface area contributed by atoms with E-state index in [9.17, 15) is 14.7 Å². The SMILES string of the molecule is CC(=O)N1CCC(Oc2ccc(C(=O)CCC(O)NC3CCc4ccccc4C3)cc2)C1. The Morgan fingerprint density at radius 3 is 2.59 bits per heavy atom. The number of ether oxygens (including phenoxy) is 1. The number of carbonyl (C=O) groups excluding carboxylic acids is 2. The molecule has 3 unspecified atom stereocenters. The molecular weight excluding hydrogens is 404 g/mol. The number of Topliss-reactive ketones (excluding diaryl/α,β-unsaturated/α-hetero) is 1. The van der Waals surface area contributed by atoms with Crippen LogP contribution in [0.3, 0.4) is 0 Å². The van der Waals surface area contributed by atoms with Crippen molar-refractivity contribution in [3.8, 4) is 5.75 Å². The maximum Gasteiger partial charge on any atom is 0.219 e. The zero-order valence-electron chi connectivity index (χ0n) is 18.6. The van der Waals surface area contributed by atoms with E-state index in [1.165, 1.54) is 11.1 Å². The minimum Gasteiger partial charge on any atom is -0.489 e. The predicted molar refractivity (Wildman–Crippen MR) is 123 cm³/mol. The van der Waals surface area contributed by atoms with Crippen molar-refractivity contribution in [1.82, 2.24) is 10.2 Å². The molecule has 170 valence electrons. The summed E-state index contributed by atoms with van der Waals surface area (Å²) < 4.78 is 5.94. The summed E-state index contributed by atoms with van der Waals surface area (Å²) in [6, 6.07) is 15.8. The lowest BCUT2D eigenvalue weighted by atomic mass is 9.88. The van der Waals surface area contributed by atoms with Crippen molar-refractivity contribution in [1.29, 1.82) is 0 Å². The molecule has 1 saturated heterocycles. The van der Waals surface area contributed by atoms with E-state index >= 15 is 0 Å². The molecule has 3 atom stereocenters. The number of hydrogen-bond acceptors (Lipinski definition) is 5. The fraction of sp³-hybridized carbons (Fsp3) is 0.462. The number of amides is 1. The highest BCUT2D eigenvalue weighted by Gasteiger charge is 2.25. The number of rotatable bonds is 8. The van der Waals surface area contributed by atoms with Crippen LogP contribution in [0.4, 0.5) is 0 Å². The number of likely N-dealkylation sites (tertiary alicyclic amines) is 1. The van der Waals surface area contributed by atoms with E-state index in [-0.39, 0.29) is 30.3 Å². The first-order chi connectivity index (χ1) is 15.5. The van der Waals surface area contributed by atoms with E-state index in [0.29, 0.717) is 24.3 Å². The zero-order chi connectivity index (χ0) is 22.5. The monoisotopic (exact) mass is 436 g/mol. The number of nitrogens with zero attached hydrogens (tertiary/aromatic N) is 1. The van der Waals surface area contributed by atoms with E-state index in [4.69, 9.17) is 4.74 Å². The Bertz CT molecular complexity index is 943. The largest absolute Gasteiger partial charge is 0.489 e. The Morgan fingerprint density at radius 1 is 1.12 bits per heavy atom. The highest BCUT2D eigenvalue weighted by atomic mass is 16.5. The first-order valence-electron chi connectivity index (χ1n) is 11.5. The van der Waals surface area contributed by atoms with Gasteiger partial charge in [0.15, 0.2) is 5.78 Å². The van der Waals surface area contributed by atoms with E-state index in [1.807, 2.05) is 0 Å². The summed E-state index contributed by atoms with van der Waals surface area (Å²) in [4.78, 5) is 25.8. The van der Waals surface area contributed by atoms with Gasteiger partial charge in [-0.15, -0.1) is 0 Å². The van der Waals surface area contributed by atoms with Crippen molar-refractivity contribution in [2.24, 2.45) is 0 Å². The van der Waals surface area contributed by atoms with Crippen LogP contribution in [0.5, 0.6) is 5.75 Å². The highest BCUT2D eigenvalue weighted by Crippen LogP contribution is 2.22. The number of aliphatic hydroxyl groups excluding tert-OH is 1. The van der Waals surface area contributed by atoms with Gasteiger partial charge in [0, 0.05) is 37.9 Å². The lowest BCUT2D eigenvalue weighted by Gasteiger charge is -2.27. The molecule has 2 N–H and O–H groups in total. The Morgan fingerprint density at radius 2 is 1.88 bits per heavy atom. The smallest absolute Gasteiger partial charge is 0.219 e. The number of ketones is 1. The summed E-state index contributed by atoms with van der Waals surface area (Å²) in [7, 11) is 0. The van der Waals surface area contributed by atoms with Crippen LogP contribution >= 0.6 is 0 Å². The maximum atomic E-state index is 12.6. The van der Waals surface area contributed by atoms with E-state index in [1.54, 1.807) is 36.1 Å². The second-order valence-electron chi connectivity index (χ2n) is 8.87. The minimum absolute atomic E-state index is 0.00609. The van der Waals surface area contributed by atoms with Crippen molar-refractivity contribution < 1.29 is 19.4 Å². The minimum atomic E-state index is -0.691. The summed E-state index contributed by atoms with van der Waals surface area (Å²) in [6.45, 7) is 2.90. The van der Waals surface area contributed by atoms with Gasteiger partial charge in [0.2, 0.25) is 5.91 Å². The van der Waals surface area contributed by atoms with Crippen LogP contribution in [0.15, 0.2) is 48.5 Å². The summed E-state index contributed by atoms with van der Waals surface area (Å²) in [5.74, 6) is 0.785. The summed E-state index contributed by atoms with van der Waals surface area (Å²) in [5.41, 5.74) is 3.35. The third kappa shape index (κ3) is 5.75. The zero-order valence-corrected chi connectivity index (χ0v) is 18.6. The van der Waals surface area contributed by atoms with Gasteiger partial charge in [-0.05, 0) is 61.1 Å². The molecular formula is C26H32N2O4. The molecule has 0 saturated carbocycles. The third-order valence-corrected chi connectivity index (χ3v) is 6.49. The molecule has 0 radical (unpaired) electrons. The van der Waals surface area contributed by atoms with Crippen LogP contribution in [0.2, 0.25) is 0 Å². The lowest BCUT2D eigenvalue weighted by Crippen LogP contribution is -2.41. The molecule has 0 bridgehead atoms. The fourth-order valence-electron chi connectivity index (χ4n) is 4.63. The van der Waals surface area contributed by atoms with Gasteiger partial charge in [0.1, 0.15) is 18.1 Å². The van der Waals surface area contributed by atoms with E-state index in [0.717, 1.165) is 32.2 Å². The molecule has 32 heavy (non-hydrogen) atoms. The van der Waals surface area contributed by atoms with Crippen LogP contribution in [-0.4, -0.2) is 53.2 Å². The Labute approximate surface area is 189 Å². The fourth-order valence-corrected chi connectivity index (χ4v) is 4.63. The molecule has 1 amide bonds. The van der Waals surface area contributed by atoms with Gasteiger partial charge in [-0.2, -0.15) is 0 Å². The molecule has 6 nitrogen and oxygen atoms in total. The van der Waals surface area contributed by atoms with Crippen LogP contribution in [0.1, 0.15) is 54.1 Å². The number of hydrogen-bond donors (Lipinski definition) is 2. The Kier molecular flexibility index (Phi) is 7.22. The Hall–Kier alpha value is -2.70. The summed E-state index contributed by atoms with van der Waals surface area (Å²) >= 11 is 0. The van der Waals surface area contributed by atoms with Crippen molar-refractivity contribution in [3.05, 3.63) is 65.2 Å². The Balaban J connectivity index is 1.21. The number of aliphatic hydroxyl groups is 1. The van der Waals surface area contributed by atoms with Gasteiger partial charge < -0.3 is 14.7 Å². The number of benzene rings is 2. The molecule has 1 aliphatic carbocycles. The van der Waals surface area contributed by atoms with Crippen LogP contribution in [0, 0.1) is 0 Å². The van der Waals surface area contributed by atoms with Crippen LogP contribution in [-0.2, 0) is 17.6 Å². The molecule has 2 aromatic carbocycles. The number of fused-ring (bicyclic) bond motifs is 1. The predicted octanol–water partition coefficient (Wildman–Crippen LogP) is 3.11. The van der Waals surface area contributed by atoms with Gasteiger partial charge in [0.05, 0.1) is 6.54 Å². The molecule has 0 aromatic heterocycles. The molecule has 2 aromatic rings. The second-order valence-corrected chi connectivity index (χ2v) is 8.87. The maximum absolute atomic E-state index is 12.6. The van der Waals surface area contributed by atoms with Crippen molar-refractivity contribution in [2.45, 2.75) is 63.8 Å². The quantitative estimate of drug-likeness (QED) is 0.491. The average Bonchev–Trinajstić information content (AvgIpc) is 3.27. The van der Waals surface area contributed by atoms with Gasteiger partial charge in [0.25, 0.3) is 0 Å². The van der Waals surface area contributed by atoms with Gasteiger partial charge in [-0.3, -0.25) is 14.9 Å². The normalized spacial score (nSPS) is 21.1. The molecule has 0 spiro atoms. The first-order valence-corrected chi connectivity index (χ1v) is 11.5. The second kappa shape index (κ2) is 10.3.